The van der Waals surface area contributed by atoms with Crippen molar-refractivity contribution >= 4 is 27.6 Å². The van der Waals surface area contributed by atoms with Crippen LogP contribution < -0.4 is 5.32 Å². The highest BCUT2D eigenvalue weighted by Crippen LogP contribution is 2.22. The number of hydrogen-bond donors (Lipinski definition) is 1. The van der Waals surface area contributed by atoms with Crippen LogP contribution >= 0.6 is 0 Å². The van der Waals surface area contributed by atoms with Crippen LogP contribution in [0.2, 0.25) is 0 Å². The third kappa shape index (κ3) is 6.27. The number of nitrogens with one attached hydrogen (secondary N) is 1. The Kier molecular flexibility index (Phi) is 7.63. The van der Waals surface area contributed by atoms with Gasteiger partial charge in [-0.15, -0.1) is 0 Å². The van der Waals surface area contributed by atoms with Crippen molar-refractivity contribution in [2.45, 2.75) is 18.2 Å². The van der Waals surface area contributed by atoms with E-state index in [9.17, 15) is 18.0 Å². The van der Waals surface area contributed by atoms with Gasteiger partial charge in [-0.3, -0.25) is 9.59 Å². The molecule has 0 aromatic heterocycles. The molecule has 0 unspecified atom stereocenters. The van der Waals surface area contributed by atoms with Crippen LogP contribution in [0.25, 0.3) is 11.1 Å². The quantitative estimate of drug-likeness (QED) is 0.512. The summed E-state index contributed by atoms with van der Waals surface area (Å²) < 4.78 is 31.0. The van der Waals surface area contributed by atoms with E-state index in [2.05, 4.69) is 5.32 Å². The Balaban J connectivity index is 1.54. The Hall–Kier alpha value is -3.49. The minimum absolute atomic E-state index is 0.0398. The van der Waals surface area contributed by atoms with Crippen LogP contribution in [0, 0.1) is 6.92 Å². The first-order chi connectivity index (χ1) is 15.7. The fourth-order valence-electron chi connectivity index (χ4n) is 3.16. The number of aryl methyl sites for hydroxylation is 1. The molecule has 8 heteroatoms. The number of ether oxygens (including phenoxy) is 1. The molecule has 0 heterocycles. The SMILES string of the molecule is Cc1ccc(NC(=O)COC(=O)Cc2ccc(-c3ccccc3)cc2)cc1S(=O)(=O)N(C)C. The Bertz CT molecular complexity index is 1240. The number of anilines is 1. The molecule has 0 aliphatic heterocycles. The third-order valence-corrected chi connectivity index (χ3v) is 6.96. The van der Waals surface area contributed by atoms with Crippen LogP contribution in [0.3, 0.4) is 0 Å². The Labute approximate surface area is 194 Å². The number of carbonyl (C=O) groups is 2. The summed E-state index contributed by atoms with van der Waals surface area (Å²) in [5, 5.41) is 2.57. The van der Waals surface area contributed by atoms with Crippen molar-refractivity contribution in [3.63, 3.8) is 0 Å². The lowest BCUT2D eigenvalue weighted by Crippen LogP contribution is -2.24. The highest BCUT2D eigenvalue weighted by Gasteiger charge is 2.20. The predicted molar refractivity (Wildman–Crippen MR) is 127 cm³/mol. The smallest absolute Gasteiger partial charge is 0.310 e. The molecule has 0 aliphatic carbocycles. The largest absolute Gasteiger partial charge is 0.455 e. The molecule has 0 fully saturated rings. The van der Waals surface area contributed by atoms with Crippen LogP contribution in [-0.4, -0.2) is 45.3 Å². The minimum Gasteiger partial charge on any atom is -0.455 e. The number of sulfonamides is 1. The second kappa shape index (κ2) is 10.4. The second-order valence-corrected chi connectivity index (χ2v) is 9.84. The van der Waals surface area contributed by atoms with E-state index < -0.39 is 28.5 Å². The van der Waals surface area contributed by atoms with Gasteiger partial charge in [0.25, 0.3) is 5.91 Å². The molecule has 0 saturated carbocycles. The summed E-state index contributed by atoms with van der Waals surface area (Å²) in [5.41, 5.74) is 3.77. The van der Waals surface area contributed by atoms with Gasteiger partial charge in [0.05, 0.1) is 11.3 Å². The predicted octanol–water partition coefficient (Wildman–Crippen LogP) is 3.64. The normalized spacial score (nSPS) is 11.3. The van der Waals surface area contributed by atoms with Gasteiger partial charge in [-0.2, -0.15) is 0 Å². The maximum absolute atomic E-state index is 12.4. The standard InChI is InChI=1S/C25H26N2O5S/c1-18-9-14-22(16-23(18)33(30,31)27(2)3)26-24(28)17-32-25(29)15-19-10-12-21(13-11-19)20-7-5-4-6-8-20/h4-14,16H,15,17H2,1-3H3,(H,26,28). The van der Waals surface area contributed by atoms with Gasteiger partial charge < -0.3 is 10.1 Å². The Morgan fingerprint density at radius 3 is 2.18 bits per heavy atom. The van der Waals surface area contributed by atoms with Gasteiger partial charge in [0.15, 0.2) is 6.61 Å². The highest BCUT2D eigenvalue weighted by atomic mass is 32.2. The molecule has 0 atom stereocenters. The van der Waals surface area contributed by atoms with E-state index in [1.807, 2.05) is 54.6 Å². The monoisotopic (exact) mass is 466 g/mol. The van der Waals surface area contributed by atoms with Gasteiger partial charge in [0.1, 0.15) is 0 Å². The summed E-state index contributed by atoms with van der Waals surface area (Å²) in [6, 6.07) is 22.0. The Morgan fingerprint density at radius 2 is 1.55 bits per heavy atom. The zero-order chi connectivity index (χ0) is 24.0. The number of benzene rings is 3. The highest BCUT2D eigenvalue weighted by molar-refractivity contribution is 7.89. The van der Waals surface area contributed by atoms with Gasteiger partial charge in [-0.05, 0) is 41.3 Å². The van der Waals surface area contributed by atoms with Crippen molar-refractivity contribution in [2.75, 3.05) is 26.0 Å². The Morgan fingerprint density at radius 1 is 0.909 bits per heavy atom. The number of hydrogen-bond acceptors (Lipinski definition) is 5. The van der Waals surface area contributed by atoms with E-state index in [1.165, 1.54) is 20.2 Å². The van der Waals surface area contributed by atoms with E-state index in [-0.39, 0.29) is 11.3 Å². The fraction of sp³-hybridized carbons (Fsp3) is 0.200. The molecule has 0 saturated heterocycles. The summed E-state index contributed by atoms with van der Waals surface area (Å²) in [5.74, 6) is -1.09. The minimum atomic E-state index is -3.65. The van der Waals surface area contributed by atoms with Crippen molar-refractivity contribution in [3.05, 3.63) is 83.9 Å². The lowest BCUT2D eigenvalue weighted by atomic mass is 10.0. The van der Waals surface area contributed by atoms with Crippen molar-refractivity contribution in [1.29, 1.82) is 0 Å². The molecule has 33 heavy (non-hydrogen) atoms. The molecule has 0 radical (unpaired) electrons. The number of nitrogens with zero attached hydrogens (tertiary/aromatic N) is 1. The lowest BCUT2D eigenvalue weighted by Gasteiger charge is -2.15. The number of rotatable bonds is 8. The van der Waals surface area contributed by atoms with E-state index in [4.69, 9.17) is 4.74 Å². The average Bonchev–Trinajstić information content (AvgIpc) is 2.80. The molecule has 0 aliphatic rings. The zero-order valence-electron chi connectivity index (χ0n) is 18.7. The number of esters is 1. The molecular weight excluding hydrogens is 440 g/mol. The van der Waals surface area contributed by atoms with Crippen LogP contribution in [0.15, 0.2) is 77.7 Å². The summed E-state index contributed by atoms with van der Waals surface area (Å²) in [7, 11) is -0.772. The number of carbonyl (C=O) groups excluding carboxylic acids is 2. The molecule has 0 bridgehead atoms. The van der Waals surface area contributed by atoms with E-state index in [0.717, 1.165) is 21.0 Å². The summed E-state index contributed by atoms with van der Waals surface area (Å²) in [6.07, 6.45) is 0.0398. The molecule has 3 aromatic rings. The molecule has 7 nitrogen and oxygen atoms in total. The van der Waals surface area contributed by atoms with E-state index in [1.54, 1.807) is 19.1 Å². The van der Waals surface area contributed by atoms with E-state index in [0.29, 0.717) is 11.3 Å². The van der Waals surface area contributed by atoms with Crippen LogP contribution in [0.1, 0.15) is 11.1 Å². The maximum Gasteiger partial charge on any atom is 0.310 e. The van der Waals surface area contributed by atoms with Crippen molar-refractivity contribution in [1.82, 2.24) is 4.31 Å². The molecule has 1 N–H and O–H groups in total. The van der Waals surface area contributed by atoms with Crippen LogP contribution in [-0.2, 0) is 30.8 Å². The van der Waals surface area contributed by atoms with Gasteiger partial charge in [-0.25, -0.2) is 12.7 Å². The average molecular weight is 467 g/mol. The van der Waals surface area contributed by atoms with E-state index >= 15 is 0 Å². The molecule has 3 aromatic carbocycles. The van der Waals surface area contributed by atoms with Crippen LogP contribution in [0.4, 0.5) is 5.69 Å². The van der Waals surface area contributed by atoms with Crippen molar-refractivity contribution < 1.29 is 22.7 Å². The molecular formula is C25H26N2O5S. The lowest BCUT2D eigenvalue weighted by molar-refractivity contribution is -0.146. The van der Waals surface area contributed by atoms with Crippen molar-refractivity contribution in [2.24, 2.45) is 0 Å². The second-order valence-electron chi connectivity index (χ2n) is 7.72. The summed E-state index contributed by atoms with van der Waals surface area (Å²) in [6.45, 7) is 1.21. The first kappa shape index (κ1) is 24.2. The number of amides is 1. The van der Waals surface area contributed by atoms with Gasteiger partial charge in [0, 0.05) is 19.8 Å². The zero-order valence-corrected chi connectivity index (χ0v) is 19.6. The van der Waals surface area contributed by atoms with Gasteiger partial charge in [0.2, 0.25) is 10.0 Å². The fourth-order valence-corrected chi connectivity index (χ4v) is 4.30. The molecule has 3 rings (SSSR count). The first-order valence-corrected chi connectivity index (χ1v) is 11.7. The topological polar surface area (TPSA) is 92.8 Å². The van der Waals surface area contributed by atoms with Gasteiger partial charge in [-0.1, -0.05) is 60.7 Å². The summed E-state index contributed by atoms with van der Waals surface area (Å²) in [4.78, 5) is 24.4. The third-order valence-electron chi connectivity index (χ3n) is 5.00. The molecule has 172 valence electrons. The first-order valence-electron chi connectivity index (χ1n) is 10.3. The molecule has 0 spiro atoms. The summed E-state index contributed by atoms with van der Waals surface area (Å²) >= 11 is 0. The van der Waals surface area contributed by atoms with Gasteiger partial charge >= 0.3 is 5.97 Å². The van der Waals surface area contributed by atoms with Crippen LogP contribution in [0.5, 0.6) is 0 Å². The van der Waals surface area contributed by atoms with Crippen molar-refractivity contribution in [3.8, 4) is 11.1 Å². The molecule has 1 amide bonds. The maximum atomic E-state index is 12.4.